The summed E-state index contributed by atoms with van der Waals surface area (Å²) in [6.07, 6.45) is 4.82. The first-order valence-electron chi connectivity index (χ1n) is 14.7. The zero-order valence-electron chi connectivity index (χ0n) is 26.3. The molecular formula is C31H42N8O4. The fraction of sp³-hybridized carbons (Fsp3) is 0.548. The van der Waals surface area contributed by atoms with Crippen LogP contribution in [0.25, 0.3) is 11.0 Å². The fourth-order valence-electron chi connectivity index (χ4n) is 5.68. The second-order valence-electron chi connectivity index (χ2n) is 13.6. The van der Waals surface area contributed by atoms with Crippen molar-refractivity contribution in [3.63, 3.8) is 0 Å². The van der Waals surface area contributed by atoms with Gasteiger partial charge in [-0.05, 0) is 78.5 Å². The quantitative estimate of drug-likeness (QED) is 0.471. The summed E-state index contributed by atoms with van der Waals surface area (Å²) in [7, 11) is 3.45. The van der Waals surface area contributed by atoms with E-state index in [2.05, 4.69) is 15.3 Å². The van der Waals surface area contributed by atoms with Crippen LogP contribution in [-0.4, -0.2) is 97.5 Å². The van der Waals surface area contributed by atoms with Gasteiger partial charge in [0.15, 0.2) is 0 Å². The molecule has 1 saturated heterocycles. The average Bonchev–Trinajstić information content (AvgIpc) is 3.23. The lowest BCUT2D eigenvalue weighted by Crippen LogP contribution is -2.51. The molecule has 2 aliphatic rings. The van der Waals surface area contributed by atoms with E-state index in [1.54, 1.807) is 48.4 Å². The van der Waals surface area contributed by atoms with Gasteiger partial charge in [0.1, 0.15) is 22.8 Å². The summed E-state index contributed by atoms with van der Waals surface area (Å²) in [5.74, 6) is 0.826. The molecule has 1 aliphatic heterocycles. The second-order valence-corrected chi connectivity index (χ2v) is 13.6. The fourth-order valence-corrected chi connectivity index (χ4v) is 5.68. The van der Waals surface area contributed by atoms with Gasteiger partial charge in [-0.2, -0.15) is 4.98 Å². The number of amides is 3. The Labute approximate surface area is 252 Å². The van der Waals surface area contributed by atoms with Crippen LogP contribution in [0.4, 0.5) is 16.6 Å². The molecule has 43 heavy (non-hydrogen) atoms. The van der Waals surface area contributed by atoms with Crippen molar-refractivity contribution in [2.75, 3.05) is 39.0 Å². The summed E-state index contributed by atoms with van der Waals surface area (Å²) < 4.78 is 7.55. The van der Waals surface area contributed by atoms with E-state index < -0.39 is 11.1 Å². The number of pyridine rings is 1. The van der Waals surface area contributed by atoms with E-state index >= 15 is 0 Å². The Balaban J connectivity index is 1.30. The minimum atomic E-state index is -0.568. The number of anilines is 2. The van der Waals surface area contributed by atoms with Crippen LogP contribution in [0.2, 0.25) is 0 Å². The standard InChI is InChI=1S/C31H42N8O4/c1-30(2,3)39-23(27(41)36(7)8)15-21-17-33-28(35-25(21)39)34-24-12-10-19(16-32-24)26(40)37-13-14-38(22-11-9-20(22)18-37)29(42)43-31(4,5)6/h10,12,15-17,20,22H,9,11,13-14,18H2,1-8H3,(H,32,33,34,35). The Morgan fingerprint density at radius 2 is 1.74 bits per heavy atom. The van der Waals surface area contributed by atoms with E-state index in [4.69, 9.17) is 9.72 Å². The number of fused-ring (bicyclic) bond motifs is 2. The highest BCUT2D eigenvalue weighted by molar-refractivity contribution is 5.98. The molecule has 1 saturated carbocycles. The third kappa shape index (κ3) is 6.28. The normalized spacial score (nSPS) is 18.9. The Morgan fingerprint density at radius 1 is 1.00 bits per heavy atom. The number of carbonyl (C=O) groups is 3. The number of nitrogens with one attached hydrogen (secondary N) is 1. The van der Waals surface area contributed by atoms with E-state index in [0.29, 0.717) is 48.3 Å². The zero-order chi connectivity index (χ0) is 31.3. The van der Waals surface area contributed by atoms with Crippen molar-refractivity contribution in [3.8, 4) is 0 Å². The molecule has 0 spiro atoms. The first-order valence-corrected chi connectivity index (χ1v) is 14.7. The smallest absolute Gasteiger partial charge is 0.410 e. The van der Waals surface area contributed by atoms with Crippen molar-refractivity contribution in [2.45, 2.75) is 71.6 Å². The predicted molar refractivity (Wildman–Crippen MR) is 163 cm³/mol. The molecule has 3 aromatic rings. The Hall–Kier alpha value is -4.22. The Bertz CT molecular complexity index is 1530. The maximum absolute atomic E-state index is 13.5. The van der Waals surface area contributed by atoms with Gasteiger partial charge in [0.05, 0.1) is 5.56 Å². The molecule has 2 unspecified atom stereocenters. The van der Waals surface area contributed by atoms with E-state index in [1.807, 2.05) is 57.1 Å². The molecule has 0 radical (unpaired) electrons. The number of ether oxygens (including phenoxy) is 1. The van der Waals surface area contributed by atoms with Gasteiger partial charge in [0, 0.05) is 63.1 Å². The summed E-state index contributed by atoms with van der Waals surface area (Å²) >= 11 is 0. The van der Waals surface area contributed by atoms with Crippen molar-refractivity contribution >= 4 is 40.7 Å². The summed E-state index contributed by atoms with van der Waals surface area (Å²) in [5, 5.41) is 3.89. The number of hydrogen-bond donors (Lipinski definition) is 1. The largest absolute Gasteiger partial charge is 0.444 e. The number of aromatic nitrogens is 4. The second kappa shape index (κ2) is 11.1. The lowest BCUT2D eigenvalue weighted by molar-refractivity contribution is -0.000964. The van der Waals surface area contributed by atoms with Gasteiger partial charge in [-0.25, -0.2) is 14.8 Å². The van der Waals surface area contributed by atoms with Crippen molar-refractivity contribution in [1.29, 1.82) is 0 Å². The van der Waals surface area contributed by atoms with Crippen LogP contribution in [0.1, 0.15) is 75.2 Å². The molecule has 12 nitrogen and oxygen atoms in total. The van der Waals surface area contributed by atoms with Gasteiger partial charge >= 0.3 is 6.09 Å². The lowest BCUT2D eigenvalue weighted by Gasteiger charge is -2.42. The predicted octanol–water partition coefficient (Wildman–Crippen LogP) is 4.50. The van der Waals surface area contributed by atoms with Gasteiger partial charge in [0.25, 0.3) is 11.8 Å². The average molecular weight is 591 g/mol. The van der Waals surface area contributed by atoms with Crippen molar-refractivity contribution in [3.05, 3.63) is 41.9 Å². The Kier molecular flexibility index (Phi) is 7.82. The molecule has 0 bridgehead atoms. The maximum atomic E-state index is 13.5. The molecule has 2 fully saturated rings. The molecule has 0 aromatic carbocycles. The van der Waals surface area contributed by atoms with Crippen molar-refractivity contribution < 1.29 is 19.1 Å². The van der Waals surface area contributed by atoms with Crippen LogP contribution in [0, 0.1) is 5.92 Å². The number of carbonyl (C=O) groups excluding carboxylic acids is 3. The van der Waals surface area contributed by atoms with Gasteiger partial charge in [0.2, 0.25) is 5.95 Å². The maximum Gasteiger partial charge on any atom is 0.410 e. The van der Waals surface area contributed by atoms with Crippen LogP contribution < -0.4 is 5.32 Å². The van der Waals surface area contributed by atoms with E-state index in [0.717, 1.165) is 18.2 Å². The summed E-state index contributed by atoms with van der Waals surface area (Å²) in [4.78, 5) is 58.0. The van der Waals surface area contributed by atoms with Gasteiger partial charge in [-0.15, -0.1) is 0 Å². The SMILES string of the molecule is CN(C)C(=O)c1cc2cnc(Nc3ccc(C(=O)N4CCN(C(=O)OC(C)(C)C)C5CCC5C4)cn3)nc2n1C(C)(C)C. The Morgan fingerprint density at radius 3 is 2.33 bits per heavy atom. The zero-order valence-corrected chi connectivity index (χ0v) is 26.3. The molecule has 1 N–H and O–H groups in total. The highest BCUT2D eigenvalue weighted by atomic mass is 16.6. The highest BCUT2D eigenvalue weighted by Gasteiger charge is 2.43. The van der Waals surface area contributed by atoms with Crippen LogP contribution >= 0.6 is 0 Å². The van der Waals surface area contributed by atoms with Gasteiger partial charge in [-0.1, -0.05) is 0 Å². The van der Waals surface area contributed by atoms with Crippen molar-refractivity contribution in [2.24, 2.45) is 5.92 Å². The molecule has 2 atom stereocenters. The van der Waals surface area contributed by atoms with Gasteiger partial charge < -0.3 is 29.3 Å². The van der Waals surface area contributed by atoms with E-state index in [-0.39, 0.29) is 29.9 Å². The number of rotatable bonds is 4. The van der Waals surface area contributed by atoms with Crippen LogP contribution in [0.5, 0.6) is 0 Å². The topological polar surface area (TPSA) is 126 Å². The van der Waals surface area contributed by atoms with Gasteiger partial charge in [-0.3, -0.25) is 9.59 Å². The highest BCUT2D eigenvalue weighted by Crippen LogP contribution is 2.36. The van der Waals surface area contributed by atoms with E-state index in [1.165, 1.54) is 0 Å². The molecule has 4 heterocycles. The monoisotopic (exact) mass is 590 g/mol. The van der Waals surface area contributed by atoms with Crippen LogP contribution in [-0.2, 0) is 10.3 Å². The van der Waals surface area contributed by atoms with Crippen LogP contribution in [0.3, 0.4) is 0 Å². The summed E-state index contributed by atoms with van der Waals surface area (Å²) in [5.41, 5.74) is 0.679. The summed E-state index contributed by atoms with van der Waals surface area (Å²) in [6.45, 7) is 13.1. The number of hydrogen-bond acceptors (Lipinski definition) is 8. The molecule has 1 aliphatic carbocycles. The lowest BCUT2D eigenvalue weighted by atomic mass is 9.78. The minimum absolute atomic E-state index is 0.103. The first kappa shape index (κ1) is 30.2. The molecular weight excluding hydrogens is 548 g/mol. The summed E-state index contributed by atoms with van der Waals surface area (Å²) in [6, 6.07) is 5.37. The van der Waals surface area contributed by atoms with E-state index in [9.17, 15) is 14.4 Å². The first-order chi connectivity index (χ1) is 20.1. The minimum Gasteiger partial charge on any atom is -0.444 e. The molecule has 12 heteroatoms. The third-order valence-electron chi connectivity index (χ3n) is 7.85. The molecule has 3 aromatic heterocycles. The van der Waals surface area contributed by atoms with Crippen LogP contribution in [0.15, 0.2) is 30.6 Å². The third-order valence-corrected chi connectivity index (χ3v) is 7.85. The van der Waals surface area contributed by atoms with Crippen molar-refractivity contribution in [1.82, 2.24) is 34.2 Å². The molecule has 3 amide bonds. The molecule has 5 rings (SSSR count). The number of nitrogens with zero attached hydrogens (tertiary/aromatic N) is 7. The molecule has 230 valence electrons.